The molecular formula is C12H17BrN4S2. The Hall–Kier alpha value is -0.240. The maximum Gasteiger partial charge on any atom is 0.188 e. The van der Waals surface area contributed by atoms with Gasteiger partial charge in [0.2, 0.25) is 0 Å². The second-order valence-corrected chi connectivity index (χ2v) is 8.40. The zero-order valence-electron chi connectivity index (χ0n) is 11.3. The molecule has 19 heavy (non-hydrogen) atoms. The molecule has 2 aromatic heterocycles. The van der Waals surface area contributed by atoms with Gasteiger partial charge >= 0.3 is 0 Å². The molecule has 1 fully saturated rings. The van der Waals surface area contributed by atoms with Gasteiger partial charge in [-0.15, -0.1) is 0 Å². The summed E-state index contributed by atoms with van der Waals surface area (Å²) in [4.78, 5) is 16.0. The van der Waals surface area contributed by atoms with E-state index in [2.05, 4.69) is 51.7 Å². The Bertz CT molecular complexity index is 550. The van der Waals surface area contributed by atoms with Crippen molar-refractivity contribution in [3.8, 4) is 0 Å². The third-order valence-corrected chi connectivity index (χ3v) is 6.54. The number of rotatable bonds is 2. The van der Waals surface area contributed by atoms with Crippen molar-refractivity contribution >= 4 is 53.4 Å². The van der Waals surface area contributed by atoms with Crippen LogP contribution in [0.1, 0.15) is 19.8 Å². The van der Waals surface area contributed by atoms with Crippen LogP contribution in [0.25, 0.3) is 9.66 Å². The highest BCUT2D eigenvalue weighted by atomic mass is 79.9. The van der Waals surface area contributed by atoms with Crippen LogP contribution >= 0.6 is 38.6 Å². The van der Waals surface area contributed by atoms with Crippen LogP contribution in [-0.2, 0) is 0 Å². The summed E-state index contributed by atoms with van der Waals surface area (Å²) in [5, 5.41) is 1.10. The molecule has 104 valence electrons. The van der Waals surface area contributed by atoms with E-state index in [1.165, 1.54) is 19.4 Å². The molecule has 3 rings (SSSR count). The van der Waals surface area contributed by atoms with Gasteiger partial charge in [0.1, 0.15) is 0 Å². The van der Waals surface area contributed by atoms with Crippen LogP contribution in [0.5, 0.6) is 0 Å². The summed E-state index contributed by atoms with van der Waals surface area (Å²) in [6.07, 6.45) is 2.42. The molecule has 2 unspecified atom stereocenters. The fourth-order valence-electron chi connectivity index (χ4n) is 2.53. The summed E-state index contributed by atoms with van der Waals surface area (Å²) in [6, 6.07) is 1.24. The van der Waals surface area contributed by atoms with Gasteiger partial charge in [-0.3, -0.25) is 0 Å². The van der Waals surface area contributed by atoms with Crippen molar-refractivity contribution in [1.29, 1.82) is 0 Å². The van der Waals surface area contributed by atoms with Gasteiger partial charge < -0.3 is 9.80 Å². The van der Waals surface area contributed by atoms with Crippen LogP contribution in [0.2, 0.25) is 0 Å². The monoisotopic (exact) mass is 360 g/mol. The number of likely N-dealkylation sites (tertiary alicyclic amines) is 1. The Labute approximate surface area is 129 Å². The molecule has 0 spiro atoms. The lowest BCUT2D eigenvalue weighted by Gasteiger charge is -2.39. The number of halogens is 1. The molecule has 0 amide bonds. The Balaban J connectivity index is 1.79. The first-order valence-corrected chi connectivity index (χ1v) is 8.83. The number of aromatic nitrogens is 2. The minimum absolute atomic E-state index is 0.592. The zero-order chi connectivity index (χ0) is 13.6. The Kier molecular flexibility index (Phi) is 3.81. The molecule has 1 saturated heterocycles. The molecule has 1 aliphatic heterocycles. The fraction of sp³-hybridized carbons (Fsp3) is 0.667. The average Bonchev–Trinajstić information content (AvgIpc) is 2.88. The summed E-state index contributed by atoms with van der Waals surface area (Å²) < 4.78 is 0.920. The third-order valence-electron chi connectivity index (χ3n) is 3.97. The predicted molar refractivity (Wildman–Crippen MR) is 86.5 cm³/mol. The summed E-state index contributed by atoms with van der Waals surface area (Å²) >= 11 is 6.71. The lowest BCUT2D eigenvalue weighted by molar-refractivity contribution is 0.181. The highest BCUT2D eigenvalue weighted by Crippen LogP contribution is 2.35. The van der Waals surface area contributed by atoms with Gasteiger partial charge in [-0.05, 0) is 42.7 Å². The van der Waals surface area contributed by atoms with Crippen LogP contribution in [0, 0.1) is 0 Å². The first kappa shape index (κ1) is 13.7. The molecule has 0 N–H and O–H groups in total. The molecule has 1 aliphatic rings. The van der Waals surface area contributed by atoms with Crippen molar-refractivity contribution in [2.45, 2.75) is 31.8 Å². The van der Waals surface area contributed by atoms with Crippen LogP contribution in [-0.4, -0.2) is 47.6 Å². The first-order valence-electron chi connectivity index (χ1n) is 6.40. The highest BCUT2D eigenvalue weighted by molar-refractivity contribution is 9.11. The van der Waals surface area contributed by atoms with Crippen molar-refractivity contribution in [3.63, 3.8) is 0 Å². The molecule has 0 aromatic carbocycles. The van der Waals surface area contributed by atoms with Crippen molar-refractivity contribution in [2.24, 2.45) is 0 Å². The topological polar surface area (TPSA) is 32.3 Å². The highest BCUT2D eigenvalue weighted by Gasteiger charge is 2.27. The molecule has 2 atom stereocenters. The van der Waals surface area contributed by atoms with Crippen molar-refractivity contribution < 1.29 is 0 Å². The smallest absolute Gasteiger partial charge is 0.188 e. The van der Waals surface area contributed by atoms with E-state index in [1.807, 2.05) is 0 Å². The second kappa shape index (κ2) is 5.27. The second-order valence-electron chi connectivity index (χ2n) is 5.19. The largest absolute Gasteiger partial charge is 0.348 e. The summed E-state index contributed by atoms with van der Waals surface area (Å²) in [5.74, 6) is 0. The van der Waals surface area contributed by atoms with E-state index in [1.54, 1.807) is 22.7 Å². The number of thiazole rings is 2. The van der Waals surface area contributed by atoms with E-state index in [-0.39, 0.29) is 0 Å². The maximum absolute atomic E-state index is 4.71. The lowest BCUT2D eigenvalue weighted by atomic mass is 9.98. The number of hydrogen-bond donors (Lipinski definition) is 0. The van der Waals surface area contributed by atoms with E-state index in [4.69, 9.17) is 4.98 Å². The van der Waals surface area contributed by atoms with Gasteiger partial charge in [-0.1, -0.05) is 22.7 Å². The fourth-order valence-corrected chi connectivity index (χ4v) is 5.09. The summed E-state index contributed by atoms with van der Waals surface area (Å²) in [7, 11) is 4.38. The van der Waals surface area contributed by atoms with Gasteiger partial charge in [0, 0.05) is 25.7 Å². The van der Waals surface area contributed by atoms with Crippen LogP contribution in [0.3, 0.4) is 0 Å². The lowest BCUT2D eigenvalue weighted by Crippen LogP contribution is -2.46. The number of fused-ring (bicyclic) bond motifs is 1. The van der Waals surface area contributed by atoms with E-state index in [0.717, 1.165) is 18.7 Å². The van der Waals surface area contributed by atoms with E-state index in [0.29, 0.717) is 12.1 Å². The molecule has 2 aromatic rings. The quantitative estimate of drug-likeness (QED) is 0.820. The normalized spacial score (nSPS) is 25.1. The predicted octanol–water partition coefficient (Wildman–Crippen LogP) is 3.43. The minimum Gasteiger partial charge on any atom is -0.348 e. The van der Waals surface area contributed by atoms with Gasteiger partial charge in [0.25, 0.3) is 0 Å². The van der Waals surface area contributed by atoms with E-state index in [9.17, 15) is 0 Å². The summed E-state index contributed by atoms with van der Waals surface area (Å²) in [5.41, 5.74) is 0. The number of anilines is 1. The number of hydrogen-bond acceptors (Lipinski definition) is 6. The molecular weight excluding hydrogens is 344 g/mol. The zero-order valence-corrected chi connectivity index (χ0v) is 14.5. The maximum atomic E-state index is 4.71. The van der Waals surface area contributed by atoms with Crippen molar-refractivity contribution in [3.05, 3.63) is 3.92 Å². The molecule has 0 aliphatic carbocycles. The van der Waals surface area contributed by atoms with Gasteiger partial charge in [0.05, 0.1) is 0 Å². The Morgan fingerprint density at radius 1 is 1.32 bits per heavy atom. The minimum atomic E-state index is 0.592. The van der Waals surface area contributed by atoms with E-state index < -0.39 is 0 Å². The van der Waals surface area contributed by atoms with Crippen LogP contribution < -0.4 is 4.90 Å². The SMILES string of the molecule is CC1CC(N(C)c2nc3sc(Br)nc3s2)CCN1C. The van der Waals surface area contributed by atoms with Crippen LogP contribution in [0.15, 0.2) is 3.92 Å². The van der Waals surface area contributed by atoms with Gasteiger partial charge in [-0.25, -0.2) is 9.97 Å². The summed E-state index contributed by atoms with van der Waals surface area (Å²) in [6.45, 7) is 3.47. The van der Waals surface area contributed by atoms with Crippen molar-refractivity contribution in [2.75, 3.05) is 25.5 Å². The molecule has 0 bridgehead atoms. The Morgan fingerprint density at radius 2 is 2.05 bits per heavy atom. The van der Waals surface area contributed by atoms with E-state index >= 15 is 0 Å². The molecule has 3 heterocycles. The molecule has 0 saturated carbocycles. The third kappa shape index (κ3) is 2.66. The van der Waals surface area contributed by atoms with Crippen molar-refractivity contribution in [1.82, 2.24) is 14.9 Å². The standard InChI is InChI=1S/C12H17BrN4S2/c1-7-6-8(4-5-16(7)2)17(3)12-15-10-9(19-12)14-11(13)18-10/h7-8H,4-6H2,1-3H3. The number of piperidine rings is 1. The number of nitrogens with zero attached hydrogens (tertiary/aromatic N) is 4. The molecule has 0 radical (unpaired) electrons. The van der Waals surface area contributed by atoms with Gasteiger partial charge in [0.15, 0.2) is 18.7 Å². The average molecular weight is 361 g/mol. The Morgan fingerprint density at radius 3 is 2.74 bits per heavy atom. The first-order chi connectivity index (χ1) is 9.04. The molecule has 4 nitrogen and oxygen atoms in total. The van der Waals surface area contributed by atoms with Gasteiger partial charge in [-0.2, -0.15) is 0 Å². The molecule has 7 heteroatoms. The van der Waals surface area contributed by atoms with Crippen LogP contribution in [0.4, 0.5) is 5.13 Å².